The Labute approximate surface area is 177 Å². The molecule has 31 heavy (non-hydrogen) atoms. The summed E-state index contributed by atoms with van der Waals surface area (Å²) in [4.78, 5) is 18.3. The number of nitrogens with zero attached hydrogens (tertiary/aromatic N) is 2. The van der Waals surface area contributed by atoms with Crippen molar-refractivity contribution in [1.82, 2.24) is 10.2 Å². The fourth-order valence-corrected chi connectivity index (χ4v) is 3.37. The predicted molar refractivity (Wildman–Crippen MR) is 107 cm³/mol. The van der Waals surface area contributed by atoms with Gasteiger partial charge in [-0.1, -0.05) is 30.3 Å². The molecule has 2 aromatic carbocycles. The average molecular weight is 435 g/mol. The van der Waals surface area contributed by atoms with Gasteiger partial charge in [-0.3, -0.25) is 0 Å². The van der Waals surface area contributed by atoms with E-state index in [2.05, 4.69) is 10.3 Å². The summed E-state index contributed by atoms with van der Waals surface area (Å²) in [5, 5.41) is 3.08. The smallest absolute Gasteiger partial charge is 0.416 e. The van der Waals surface area contributed by atoms with Crippen LogP contribution < -0.4 is 5.32 Å². The molecule has 0 aromatic heterocycles. The van der Waals surface area contributed by atoms with E-state index in [1.54, 1.807) is 18.9 Å². The highest BCUT2D eigenvalue weighted by Crippen LogP contribution is 2.33. The first-order chi connectivity index (χ1) is 14.6. The molecule has 1 N–H and O–H groups in total. The van der Waals surface area contributed by atoms with Gasteiger partial charge in [0.2, 0.25) is 0 Å². The third-order valence-electron chi connectivity index (χ3n) is 5.10. The zero-order chi connectivity index (χ0) is 22.8. The van der Waals surface area contributed by atoms with Gasteiger partial charge in [0.25, 0.3) is 0 Å². The van der Waals surface area contributed by atoms with Crippen molar-refractivity contribution < 1.29 is 27.1 Å². The third kappa shape index (κ3) is 4.70. The summed E-state index contributed by atoms with van der Waals surface area (Å²) in [6.07, 6.45) is -4.49. The average Bonchev–Trinajstić information content (AvgIpc) is 2.74. The molecule has 2 aromatic rings. The SMILES string of the molecule is COC(=O)C1=C(C)N(C)C(=NCc2ccccc2C(F)(F)F)NC1c1ccc(F)cc1. The minimum absolute atomic E-state index is 0.0245. The van der Waals surface area contributed by atoms with Gasteiger partial charge in [-0.2, -0.15) is 13.2 Å². The summed E-state index contributed by atoms with van der Waals surface area (Å²) >= 11 is 0. The summed E-state index contributed by atoms with van der Waals surface area (Å²) < 4.78 is 58.1. The lowest BCUT2D eigenvalue weighted by Crippen LogP contribution is -2.47. The van der Waals surface area contributed by atoms with Crippen molar-refractivity contribution in [2.45, 2.75) is 25.7 Å². The van der Waals surface area contributed by atoms with Crippen molar-refractivity contribution in [1.29, 1.82) is 0 Å². The zero-order valence-corrected chi connectivity index (χ0v) is 17.1. The molecule has 3 rings (SSSR count). The Morgan fingerprint density at radius 3 is 2.42 bits per heavy atom. The van der Waals surface area contributed by atoms with E-state index in [4.69, 9.17) is 4.74 Å². The molecule has 0 spiro atoms. The maximum Gasteiger partial charge on any atom is 0.416 e. The van der Waals surface area contributed by atoms with E-state index < -0.39 is 29.6 Å². The number of nitrogens with one attached hydrogen (secondary N) is 1. The number of benzene rings is 2. The van der Waals surface area contributed by atoms with Crippen LogP contribution >= 0.6 is 0 Å². The Morgan fingerprint density at radius 1 is 1.16 bits per heavy atom. The number of halogens is 4. The van der Waals surface area contributed by atoms with Crippen LogP contribution in [-0.2, 0) is 22.3 Å². The van der Waals surface area contributed by atoms with Crippen LogP contribution in [0.3, 0.4) is 0 Å². The maximum absolute atomic E-state index is 13.4. The van der Waals surface area contributed by atoms with E-state index in [-0.39, 0.29) is 18.1 Å². The number of carbonyl (C=O) groups is 1. The second kappa shape index (κ2) is 8.79. The van der Waals surface area contributed by atoms with Gasteiger partial charge in [0.1, 0.15) is 5.82 Å². The van der Waals surface area contributed by atoms with E-state index in [1.165, 1.54) is 49.6 Å². The minimum Gasteiger partial charge on any atom is -0.466 e. The quantitative estimate of drug-likeness (QED) is 0.571. The molecule has 1 aliphatic heterocycles. The van der Waals surface area contributed by atoms with Crippen LogP contribution in [0.5, 0.6) is 0 Å². The number of methoxy groups -OCH3 is 1. The van der Waals surface area contributed by atoms with Crippen LogP contribution in [0.2, 0.25) is 0 Å². The molecule has 5 nitrogen and oxygen atoms in total. The number of esters is 1. The zero-order valence-electron chi connectivity index (χ0n) is 17.1. The van der Waals surface area contributed by atoms with Gasteiger partial charge >= 0.3 is 12.1 Å². The number of hydrogen-bond acceptors (Lipinski definition) is 3. The number of alkyl halides is 3. The molecule has 0 amide bonds. The third-order valence-corrected chi connectivity index (χ3v) is 5.10. The fraction of sp³-hybridized carbons (Fsp3) is 0.273. The Kier molecular flexibility index (Phi) is 6.33. The first kappa shape index (κ1) is 22.3. The number of allylic oxidation sites excluding steroid dienone is 1. The monoisotopic (exact) mass is 435 g/mol. The van der Waals surface area contributed by atoms with E-state index in [0.717, 1.165) is 6.07 Å². The van der Waals surface area contributed by atoms with Crippen LogP contribution in [0.4, 0.5) is 17.6 Å². The van der Waals surface area contributed by atoms with Gasteiger partial charge in [0, 0.05) is 12.7 Å². The molecule has 0 bridgehead atoms. The fourth-order valence-electron chi connectivity index (χ4n) is 3.37. The number of guanidine groups is 1. The van der Waals surface area contributed by atoms with E-state index in [0.29, 0.717) is 16.8 Å². The number of rotatable bonds is 4. The first-order valence-electron chi connectivity index (χ1n) is 9.37. The molecule has 1 heterocycles. The predicted octanol–water partition coefficient (Wildman–Crippen LogP) is 4.42. The number of carbonyl (C=O) groups excluding carboxylic acids is 1. The number of ether oxygens (including phenoxy) is 1. The van der Waals surface area contributed by atoms with E-state index >= 15 is 0 Å². The van der Waals surface area contributed by atoms with Crippen molar-refractivity contribution in [3.63, 3.8) is 0 Å². The maximum atomic E-state index is 13.4. The molecule has 1 aliphatic rings. The molecule has 1 atom stereocenters. The van der Waals surface area contributed by atoms with Crippen molar-refractivity contribution >= 4 is 11.9 Å². The largest absolute Gasteiger partial charge is 0.466 e. The van der Waals surface area contributed by atoms with Gasteiger partial charge in [-0.05, 0) is 36.2 Å². The van der Waals surface area contributed by atoms with Crippen molar-refractivity contribution in [2.75, 3.05) is 14.2 Å². The normalized spacial score (nSPS) is 18.2. The standard InChI is InChI=1S/C22H21F4N3O2/c1-13-18(20(30)31-3)19(14-8-10-16(23)11-9-14)28-21(29(13)2)27-12-15-6-4-5-7-17(15)22(24,25)26/h4-11,19H,12H2,1-3H3,(H,27,28). The Morgan fingerprint density at radius 2 is 1.81 bits per heavy atom. The van der Waals surface area contributed by atoms with Crippen LogP contribution in [0, 0.1) is 5.82 Å². The van der Waals surface area contributed by atoms with Gasteiger partial charge in [0.05, 0.1) is 30.8 Å². The van der Waals surface area contributed by atoms with Gasteiger partial charge in [0.15, 0.2) is 5.96 Å². The summed E-state index contributed by atoms with van der Waals surface area (Å²) in [6, 6.07) is 10.1. The van der Waals surface area contributed by atoms with Crippen LogP contribution in [-0.4, -0.2) is 31.0 Å². The molecule has 0 saturated carbocycles. The highest BCUT2D eigenvalue weighted by atomic mass is 19.4. The summed E-state index contributed by atoms with van der Waals surface area (Å²) in [7, 11) is 2.89. The Bertz CT molecular complexity index is 1030. The summed E-state index contributed by atoms with van der Waals surface area (Å²) in [5.41, 5.74) is 0.665. The lowest BCUT2D eigenvalue weighted by atomic mass is 9.95. The van der Waals surface area contributed by atoms with Crippen molar-refractivity contribution in [2.24, 2.45) is 4.99 Å². The number of aliphatic imine (C=N–C) groups is 1. The molecule has 0 radical (unpaired) electrons. The summed E-state index contributed by atoms with van der Waals surface area (Å²) in [6.45, 7) is 1.46. The van der Waals surface area contributed by atoms with Crippen molar-refractivity contribution in [3.05, 3.63) is 82.3 Å². The minimum atomic E-state index is -4.49. The van der Waals surface area contributed by atoms with Crippen LogP contribution in [0.25, 0.3) is 0 Å². The highest BCUT2D eigenvalue weighted by Gasteiger charge is 2.35. The molecule has 164 valence electrons. The molecule has 0 saturated heterocycles. The van der Waals surface area contributed by atoms with Gasteiger partial charge < -0.3 is 15.0 Å². The lowest BCUT2D eigenvalue weighted by Gasteiger charge is -2.36. The van der Waals surface area contributed by atoms with Crippen LogP contribution in [0.1, 0.15) is 29.7 Å². The second-order valence-corrected chi connectivity index (χ2v) is 6.97. The van der Waals surface area contributed by atoms with Crippen molar-refractivity contribution in [3.8, 4) is 0 Å². The highest BCUT2D eigenvalue weighted by molar-refractivity contribution is 5.96. The summed E-state index contributed by atoms with van der Waals surface area (Å²) in [5.74, 6) is -0.737. The first-order valence-corrected chi connectivity index (χ1v) is 9.37. The van der Waals surface area contributed by atoms with Gasteiger partial charge in [-0.25, -0.2) is 14.2 Å². The second-order valence-electron chi connectivity index (χ2n) is 6.97. The molecule has 0 fully saturated rings. The van der Waals surface area contributed by atoms with Gasteiger partial charge in [-0.15, -0.1) is 0 Å². The molecular weight excluding hydrogens is 414 g/mol. The topological polar surface area (TPSA) is 53.9 Å². The lowest BCUT2D eigenvalue weighted by molar-refractivity contribution is -0.138. The molecule has 1 unspecified atom stereocenters. The Balaban J connectivity index is 2.01. The Hall–Kier alpha value is -3.36. The van der Waals surface area contributed by atoms with Crippen LogP contribution in [0.15, 0.2) is 64.8 Å². The van der Waals surface area contributed by atoms with E-state index in [9.17, 15) is 22.4 Å². The number of hydrogen-bond donors (Lipinski definition) is 1. The van der Waals surface area contributed by atoms with E-state index in [1.807, 2.05) is 0 Å². The molecular formula is C22H21F4N3O2. The molecule has 0 aliphatic carbocycles. The molecule has 9 heteroatoms.